The van der Waals surface area contributed by atoms with E-state index in [4.69, 9.17) is 0 Å². The third-order valence-corrected chi connectivity index (χ3v) is 6.04. The molecule has 1 fully saturated rings. The molecule has 0 amide bonds. The van der Waals surface area contributed by atoms with Gasteiger partial charge in [0.15, 0.2) is 16.1 Å². The van der Waals surface area contributed by atoms with Crippen LogP contribution < -0.4 is 0 Å². The maximum Gasteiger partial charge on any atom is 0.153 e. The molecule has 1 aliphatic rings. The molecule has 0 bridgehead atoms. The van der Waals surface area contributed by atoms with Crippen molar-refractivity contribution in [3.8, 4) is 11.3 Å². The normalized spacial score (nSPS) is 20.5. The zero-order valence-electron chi connectivity index (χ0n) is 11.1. The molecule has 21 heavy (non-hydrogen) atoms. The number of hydrogen-bond donors (Lipinski definition) is 0. The predicted molar refractivity (Wildman–Crippen MR) is 83.1 cm³/mol. The highest BCUT2D eigenvalue weighted by atomic mass is 79.9. The molecule has 0 saturated carbocycles. The van der Waals surface area contributed by atoms with Crippen molar-refractivity contribution in [1.82, 2.24) is 9.78 Å². The van der Waals surface area contributed by atoms with E-state index in [0.29, 0.717) is 17.7 Å². The molecule has 7 heteroatoms. The average Bonchev–Trinajstić information content (AvgIpc) is 3.02. The Morgan fingerprint density at radius 1 is 1.33 bits per heavy atom. The summed E-state index contributed by atoms with van der Waals surface area (Å²) in [5.41, 5.74) is 1.85. The van der Waals surface area contributed by atoms with E-state index in [1.54, 1.807) is 10.9 Å². The van der Waals surface area contributed by atoms with Gasteiger partial charge in [-0.2, -0.15) is 5.10 Å². The smallest absolute Gasteiger partial charge is 0.153 e. The fraction of sp³-hybridized carbons (Fsp3) is 0.286. The Bertz CT molecular complexity index is 798. The number of nitrogens with zero attached hydrogens (tertiary/aromatic N) is 2. The summed E-state index contributed by atoms with van der Waals surface area (Å²) in [6.07, 6.45) is 2.92. The summed E-state index contributed by atoms with van der Waals surface area (Å²) in [6.45, 7) is 0. The topological polar surface area (TPSA) is 69.0 Å². The van der Waals surface area contributed by atoms with Crippen LogP contribution in [0.15, 0.2) is 34.9 Å². The molecule has 2 aromatic rings. The van der Waals surface area contributed by atoms with Crippen LogP contribution in [0, 0.1) is 0 Å². The fourth-order valence-corrected chi connectivity index (χ4v) is 4.70. The van der Waals surface area contributed by atoms with Gasteiger partial charge in [-0.3, -0.25) is 9.48 Å². The second-order valence-electron chi connectivity index (χ2n) is 5.07. The highest BCUT2D eigenvalue weighted by molar-refractivity contribution is 9.10. The van der Waals surface area contributed by atoms with Crippen molar-refractivity contribution in [2.75, 3.05) is 11.5 Å². The molecule has 1 aromatic carbocycles. The van der Waals surface area contributed by atoms with Gasteiger partial charge in [0.25, 0.3) is 0 Å². The van der Waals surface area contributed by atoms with Crippen molar-refractivity contribution in [1.29, 1.82) is 0 Å². The summed E-state index contributed by atoms with van der Waals surface area (Å²) in [7, 11) is -2.99. The Kier molecular flexibility index (Phi) is 3.71. The molecule has 1 saturated heterocycles. The number of benzene rings is 1. The Labute approximate surface area is 131 Å². The summed E-state index contributed by atoms with van der Waals surface area (Å²) in [5, 5.41) is 4.45. The standard InChI is InChI=1S/C14H13BrN2O3S/c15-13-4-2-1-3-12(13)14-10(8-18)7-17(16-14)11-5-6-21(19,20)9-11/h1-4,7-8,11H,5-6,9H2. The lowest BCUT2D eigenvalue weighted by atomic mass is 10.1. The number of hydrogen-bond acceptors (Lipinski definition) is 4. The molecule has 2 heterocycles. The Morgan fingerprint density at radius 3 is 2.71 bits per heavy atom. The molecule has 0 N–H and O–H groups in total. The van der Waals surface area contributed by atoms with Gasteiger partial charge in [0, 0.05) is 16.2 Å². The number of carbonyl (C=O) groups is 1. The van der Waals surface area contributed by atoms with Crippen molar-refractivity contribution < 1.29 is 13.2 Å². The lowest BCUT2D eigenvalue weighted by Crippen LogP contribution is -2.11. The first-order valence-corrected chi connectivity index (χ1v) is 9.11. The van der Waals surface area contributed by atoms with Crippen LogP contribution in [0.25, 0.3) is 11.3 Å². The molecule has 5 nitrogen and oxygen atoms in total. The Balaban J connectivity index is 2.04. The summed E-state index contributed by atoms with van der Waals surface area (Å²) in [4.78, 5) is 11.3. The quantitative estimate of drug-likeness (QED) is 0.780. The van der Waals surface area contributed by atoms with Gasteiger partial charge in [-0.1, -0.05) is 34.1 Å². The molecule has 110 valence electrons. The zero-order chi connectivity index (χ0) is 15.0. The van der Waals surface area contributed by atoms with E-state index < -0.39 is 9.84 Å². The maximum atomic E-state index is 11.6. The van der Waals surface area contributed by atoms with Crippen LogP contribution in [0.5, 0.6) is 0 Å². The van der Waals surface area contributed by atoms with Crippen LogP contribution in [-0.2, 0) is 9.84 Å². The first-order chi connectivity index (χ1) is 10.00. The van der Waals surface area contributed by atoms with Crippen LogP contribution in [-0.4, -0.2) is 36.0 Å². The van der Waals surface area contributed by atoms with E-state index in [1.807, 2.05) is 24.3 Å². The van der Waals surface area contributed by atoms with Gasteiger partial charge < -0.3 is 0 Å². The van der Waals surface area contributed by atoms with Gasteiger partial charge in [0.05, 0.1) is 23.1 Å². The molecular weight excluding hydrogens is 356 g/mol. The van der Waals surface area contributed by atoms with Gasteiger partial charge in [-0.15, -0.1) is 0 Å². The third-order valence-electron chi connectivity index (χ3n) is 3.60. The minimum absolute atomic E-state index is 0.0857. The first-order valence-electron chi connectivity index (χ1n) is 6.50. The highest BCUT2D eigenvalue weighted by Gasteiger charge is 2.30. The monoisotopic (exact) mass is 368 g/mol. The molecular formula is C14H13BrN2O3S. The van der Waals surface area contributed by atoms with Crippen LogP contribution in [0.2, 0.25) is 0 Å². The van der Waals surface area contributed by atoms with E-state index >= 15 is 0 Å². The van der Waals surface area contributed by atoms with Crippen LogP contribution in [0.3, 0.4) is 0 Å². The van der Waals surface area contributed by atoms with E-state index in [2.05, 4.69) is 21.0 Å². The van der Waals surface area contributed by atoms with E-state index in [-0.39, 0.29) is 17.5 Å². The summed E-state index contributed by atoms with van der Waals surface area (Å²) in [6, 6.07) is 7.31. The first kappa shape index (κ1) is 14.5. The third kappa shape index (κ3) is 2.80. The van der Waals surface area contributed by atoms with Crippen molar-refractivity contribution >= 4 is 32.1 Å². The van der Waals surface area contributed by atoms with Gasteiger partial charge in [-0.05, 0) is 12.5 Å². The van der Waals surface area contributed by atoms with Gasteiger partial charge in [-0.25, -0.2) is 8.42 Å². The van der Waals surface area contributed by atoms with Crippen molar-refractivity contribution in [2.24, 2.45) is 0 Å². The predicted octanol–water partition coefficient (Wildman–Crippen LogP) is 2.48. The lowest BCUT2D eigenvalue weighted by molar-refractivity contribution is 0.112. The van der Waals surface area contributed by atoms with Crippen LogP contribution in [0.1, 0.15) is 22.8 Å². The Morgan fingerprint density at radius 2 is 2.10 bits per heavy atom. The SMILES string of the molecule is O=Cc1cn(C2CCS(=O)(=O)C2)nc1-c1ccccc1Br. The molecule has 1 aromatic heterocycles. The summed E-state index contributed by atoms with van der Waals surface area (Å²) >= 11 is 3.45. The average molecular weight is 369 g/mol. The van der Waals surface area contributed by atoms with Crippen molar-refractivity contribution in [2.45, 2.75) is 12.5 Å². The largest absolute Gasteiger partial charge is 0.298 e. The molecule has 0 radical (unpaired) electrons. The summed E-state index contributed by atoms with van der Waals surface area (Å²) < 4.78 is 25.6. The van der Waals surface area contributed by atoms with Crippen LogP contribution >= 0.6 is 15.9 Å². The lowest BCUT2D eigenvalue weighted by Gasteiger charge is -2.07. The molecule has 1 atom stereocenters. The number of carbonyl (C=O) groups excluding carboxylic acids is 1. The number of sulfone groups is 1. The number of halogens is 1. The minimum Gasteiger partial charge on any atom is -0.298 e. The Hall–Kier alpha value is -1.47. The maximum absolute atomic E-state index is 11.6. The zero-order valence-corrected chi connectivity index (χ0v) is 13.5. The van der Waals surface area contributed by atoms with Gasteiger partial charge in [0.2, 0.25) is 0 Å². The van der Waals surface area contributed by atoms with E-state index in [1.165, 1.54) is 0 Å². The number of aldehydes is 1. The second-order valence-corrected chi connectivity index (χ2v) is 8.15. The summed E-state index contributed by atoms with van der Waals surface area (Å²) in [5.74, 6) is 0.265. The minimum atomic E-state index is -2.99. The highest BCUT2D eigenvalue weighted by Crippen LogP contribution is 2.31. The second kappa shape index (κ2) is 5.38. The molecule has 0 aliphatic carbocycles. The number of rotatable bonds is 3. The van der Waals surface area contributed by atoms with E-state index in [0.717, 1.165) is 16.3 Å². The molecule has 0 spiro atoms. The van der Waals surface area contributed by atoms with Crippen molar-refractivity contribution in [3.63, 3.8) is 0 Å². The van der Waals surface area contributed by atoms with Crippen molar-refractivity contribution in [3.05, 3.63) is 40.5 Å². The molecule has 1 unspecified atom stereocenters. The van der Waals surface area contributed by atoms with E-state index in [9.17, 15) is 13.2 Å². The fourth-order valence-electron chi connectivity index (χ4n) is 2.53. The molecule has 3 rings (SSSR count). The van der Waals surface area contributed by atoms with Crippen LogP contribution in [0.4, 0.5) is 0 Å². The number of aromatic nitrogens is 2. The van der Waals surface area contributed by atoms with Gasteiger partial charge >= 0.3 is 0 Å². The molecule has 1 aliphatic heterocycles. The van der Waals surface area contributed by atoms with Gasteiger partial charge in [0.1, 0.15) is 5.69 Å².